The van der Waals surface area contributed by atoms with Gasteiger partial charge in [-0.15, -0.1) is 4.91 Å². The van der Waals surface area contributed by atoms with Gasteiger partial charge in [-0.2, -0.15) is 5.10 Å². The lowest BCUT2D eigenvalue weighted by molar-refractivity contribution is 0.416. The number of halogens is 3. The van der Waals surface area contributed by atoms with Crippen LogP contribution in [0.2, 0.25) is 0 Å². The van der Waals surface area contributed by atoms with Crippen LogP contribution >= 0.6 is 0 Å². The number of aromatic nitrogens is 3. The van der Waals surface area contributed by atoms with Crippen LogP contribution in [0.1, 0.15) is 11.1 Å². The number of aryl methyl sites for hydroxylation is 1. The summed E-state index contributed by atoms with van der Waals surface area (Å²) in [6.07, 6.45) is -0.0872. The molecule has 0 fully saturated rings. The molecule has 4 aromatic rings. The molecule has 0 spiro atoms. The quantitative estimate of drug-likeness (QED) is 0.286. The van der Waals surface area contributed by atoms with Gasteiger partial charge in [-0.05, 0) is 68.0 Å². The van der Waals surface area contributed by atoms with Gasteiger partial charge in [0.15, 0.2) is 5.82 Å². The molecular weight excluding hydrogens is 513 g/mol. The van der Waals surface area contributed by atoms with Crippen LogP contribution in [0.3, 0.4) is 0 Å². The maximum atomic E-state index is 15.1. The molecule has 1 aromatic heterocycles. The molecule has 0 aliphatic carbocycles. The molecule has 0 bridgehead atoms. The van der Waals surface area contributed by atoms with Gasteiger partial charge in [-0.1, -0.05) is 6.07 Å². The highest BCUT2D eigenvalue weighted by Crippen LogP contribution is 2.36. The lowest BCUT2D eigenvalue weighted by Crippen LogP contribution is -2.29. The number of H-pyrrole nitrogens is 1. The molecule has 9 nitrogen and oxygen atoms in total. The second-order valence-corrected chi connectivity index (χ2v) is 9.34. The first-order chi connectivity index (χ1) is 18.6. The molecule has 0 amide bonds. The average molecular weight is 541 g/mol. The topological polar surface area (TPSA) is 107 Å². The first-order valence-corrected chi connectivity index (χ1v) is 12.1. The Bertz CT molecular complexity index is 1550. The Hall–Kier alpha value is -4.45. The normalized spacial score (nSPS) is 11.3. The Balaban J connectivity index is 1.71. The van der Waals surface area contributed by atoms with E-state index in [9.17, 15) is 23.6 Å². The van der Waals surface area contributed by atoms with Crippen molar-refractivity contribution >= 4 is 11.4 Å². The lowest BCUT2D eigenvalue weighted by Gasteiger charge is -2.22. The Morgan fingerprint density at radius 3 is 2.33 bits per heavy atom. The monoisotopic (exact) mass is 540 g/mol. The van der Waals surface area contributed by atoms with E-state index in [1.807, 2.05) is 19.0 Å². The van der Waals surface area contributed by atoms with Crippen LogP contribution < -0.4 is 10.6 Å². The maximum absolute atomic E-state index is 15.1. The smallest absolute Gasteiger partial charge is 0.348 e. The van der Waals surface area contributed by atoms with Crippen molar-refractivity contribution in [2.45, 2.75) is 12.8 Å². The number of aromatic amines is 1. The van der Waals surface area contributed by atoms with Crippen LogP contribution in [0.25, 0.3) is 17.1 Å². The van der Waals surface area contributed by atoms with Crippen LogP contribution in [-0.4, -0.2) is 59.0 Å². The standard InChI is InChI=1S/C27H27F3N6O3/c1-34(2)11-12-35(3)24-10-8-17(14-22(24)30)36-26(31-32-27(36)38)19-13-16(23(33-39)15-25(19)37)7-9-18-20(28)5-4-6-21(18)29/h4-6,8,10,13-15,37H,7,9,11-12H2,1-3H3,(H,32,38). The number of hydrogen-bond donors (Lipinski definition) is 2. The largest absolute Gasteiger partial charge is 0.507 e. The van der Waals surface area contributed by atoms with Crippen molar-refractivity contribution in [1.29, 1.82) is 0 Å². The van der Waals surface area contributed by atoms with Gasteiger partial charge in [0.05, 0.1) is 16.9 Å². The average Bonchev–Trinajstić information content (AvgIpc) is 3.28. The summed E-state index contributed by atoms with van der Waals surface area (Å²) < 4.78 is 44.4. The number of aromatic hydroxyl groups is 1. The van der Waals surface area contributed by atoms with E-state index in [4.69, 9.17) is 0 Å². The third-order valence-electron chi connectivity index (χ3n) is 6.40. The van der Waals surface area contributed by atoms with Crippen molar-refractivity contribution in [1.82, 2.24) is 19.7 Å². The molecule has 3 aromatic carbocycles. The molecule has 0 radical (unpaired) electrons. The molecule has 0 atom stereocenters. The van der Waals surface area contributed by atoms with E-state index >= 15 is 4.39 Å². The molecule has 2 N–H and O–H groups in total. The van der Waals surface area contributed by atoms with Crippen LogP contribution in [0.5, 0.6) is 5.75 Å². The number of benzene rings is 3. The Kier molecular flexibility index (Phi) is 8.15. The number of phenols is 1. The number of likely N-dealkylation sites (N-methyl/N-ethyl adjacent to an activating group) is 2. The highest BCUT2D eigenvalue weighted by molar-refractivity contribution is 5.71. The van der Waals surface area contributed by atoms with E-state index < -0.39 is 28.9 Å². The SMILES string of the molecule is CN(C)CCN(C)c1ccc(-n2c(-c3cc(CCc4c(F)cccc4F)c(N=O)cc3O)n[nH]c2=O)cc1F. The second-order valence-electron chi connectivity index (χ2n) is 9.34. The van der Waals surface area contributed by atoms with Crippen molar-refractivity contribution in [3.63, 3.8) is 0 Å². The Morgan fingerprint density at radius 1 is 0.974 bits per heavy atom. The number of anilines is 1. The molecule has 1 heterocycles. The summed E-state index contributed by atoms with van der Waals surface area (Å²) in [7, 11) is 5.58. The fourth-order valence-corrected chi connectivity index (χ4v) is 4.25. The molecule has 0 saturated carbocycles. The zero-order chi connectivity index (χ0) is 28.3. The van der Waals surface area contributed by atoms with Gasteiger partial charge in [0.2, 0.25) is 0 Å². The van der Waals surface area contributed by atoms with Crippen LogP contribution in [0.4, 0.5) is 24.5 Å². The molecule has 0 unspecified atom stereocenters. The van der Waals surface area contributed by atoms with E-state index in [0.717, 1.165) is 22.8 Å². The van der Waals surface area contributed by atoms with E-state index in [1.165, 1.54) is 24.3 Å². The number of nitrogens with one attached hydrogen (secondary N) is 1. The predicted octanol–water partition coefficient (Wildman–Crippen LogP) is 4.53. The van der Waals surface area contributed by atoms with Gasteiger partial charge in [0.25, 0.3) is 0 Å². The van der Waals surface area contributed by atoms with Crippen molar-refractivity contribution in [3.8, 4) is 22.8 Å². The summed E-state index contributed by atoms with van der Waals surface area (Å²) in [5, 5.41) is 19.9. The minimum absolute atomic E-state index is 0.00344. The molecule has 0 aliphatic rings. The third kappa shape index (κ3) is 5.85. The van der Waals surface area contributed by atoms with E-state index in [1.54, 1.807) is 18.0 Å². The Morgan fingerprint density at radius 2 is 1.69 bits per heavy atom. The Labute approximate surface area is 222 Å². The number of phenolic OH excluding ortho intramolecular Hbond substituents is 1. The van der Waals surface area contributed by atoms with Crippen LogP contribution in [0, 0.1) is 22.4 Å². The maximum Gasteiger partial charge on any atom is 0.348 e. The van der Waals surface area contributed by atoms with Gasteiger partial charge in [-0.25, -0.2) is 27.6 Å². The number of hydrogen-bond acceptors (Lipinski definition) is 7. The van der Waals surface area contributed by atoms with Crippen molar-refractivity contribution in [2.75, 3.05) is 39.1 Å². The van der Waals surface area contributed by atoms with Crippen LogP contribution in [0.15, 0.2) is 58.5 Å². The van der Waals surface area contributed by atoms with Crippen LogP contribution in [-0.2, 0) is 12.8 Å². The van der Waals surface area contributed by atoms with Gasteiger partial charge in [-0.3, -0.25) is 0 Å². The predicted molar refractivity (Wildman–Crippen MR) is 142 cm³/mol. The van der Waals surface area contributed by atoms with Gasteiger partial charge < -0.3 is 14.9 Å². The first-order valence-electron chi connectivity index (χ1n) is 12.1. The highest BCUT2D eigenvalue weighted by atomic mass is 19.1. The first kappa shape index (κ1) is 27.6. The number of nitroso groups, excluding NO2 is 1. The summed E-state index contributed by atoms with van der Waals surface area (Å²) in [4.78, 5) is 27.9. The van der Waals surface area contributed by atoms with Gasteiger partial charge in [0, 0.05) is 37.8 Å². The minimum atomic E-state index is -0.728. The fraction of sp³-hybridized carbons (Fsp3) is 0.259. The summed E-state index contributed by atoms with van der Waals surface area (Å²) in [6.45, 7) is 1.28. The summed E-state index contributed by atoms with van der Waals surface area (Å²) >= 11 is 0. The second kappa shape index (κ2) is 11.5. The summed E-state index contributed by atoms with van der Waals surface area (Å²) in [5.41, 5.74) is -0.183. The zero-order valence-corrected chi connectivity index (χ0v) is 21.6. The molecule has 204 valence electrons. The van der Waals surface area contributed by atoms with Crippen molar-refractivity contribution in [2.24, 2.45) is 5.18 Å². The van der Waals surface area contributed by atoms with Gasteiger partial charge in [0.1, 0.15) is 28.9 Å². The van der Waals surface area contributed by atoms with Crippen molar-refractivity contribution < 1.29 is 18.3 Å². The molecular formula is C27H27F3N6O3. The van der Waals surface area contributed by atoms with E-state index in [0.29, 0.717) is 18.8 Å². The van der Waals surface area contributed by atoms with Crippen molar-refractivity contribution in [3.05, 3.63) is 92.5 Å². The molecule has 0 saturated heterocycles. The third-order valence-corrected chi connectivity index (χ3v) is 6.40. The lowest BCUT2D eigenvalue weighted by atomic mass is 9.99. The molecule has 12 heteroatoms. The highest BCUT2D eigenvalue weighted by Gasteiger charge is 2.21. The summed E-state index contributed by atoms with van der Waals surface area (Å²) in [6, 6.07) is 10.2. The fourth-order valence-electron chi connectivity index (χ4n) is 4.25. The zero-order valence-electron chi connectivity index (χ0n) is 21.6. The molecule has 0 aliphatic heterocycles. The van der Waals surface area contributed by atoms with E-state index in [-0.39, 0.29) is 46.7 Å². The number of nitrogens with zero attached hydrogens (tertiary/aromatic N) is 5. The van der Waals surface area contributed by atoms with Gasteiger partial charge >= 0.3 is 5.69 Å². The number of rotatable bonds is 10. The van der Waals surface area contributed by atoms with E-state index in [2.05, 4.69) is 15.4 Å². The molecule has 4 rings (SSSR count). The molecule has 39 heavy (non-hydrogen) atoms. The minimum Gasteiger partial charge on any atom is -0.507 e. The summed E-state index contributed by atoms with van der Waals surface area (Å²) in [5.74, 6) is -2.49.